The number of rotatable bonds is 6. The van der Waals surface area contributed by atoms with Gasteiger partial charge in [-0.15, -0.1) is 24.0 Å². The number of hydrogen-bond acceptors (Lipinski definition) is 3. The average molecular weight is 396 g/mol. The van der Waals surface area contributed by atoms with E-state index in [0.717, 1.165) is 38.6 Å². The number of halogens is 1. The van der Waals surface area contributed by atoms with Crippen LogP contribution in [0.15, 0.2) is 4.99 Å². The molecule has 0 amide bonds. The van der Waals surface area contributed by atoms with Crippen molar-refractivity contribution in [2.24, 2.45) is 4.99 Å². The second kappa shape index (κ2) is 9.04. The van der Waals surface area contributed by atoms with Crippen molar-refractivity contribution in [3.05, 3.63) is 0 Å². The topological polar surface area (TPSA) is 48.9 Å². The highest BCUT2D eigenvalue weighted by atomic mass is 127. The van der Waals surface area contributed by atoms with Crippen molar-refractivity contribution in [1.82, 2.24) is 15.5 Å². The second-order valence-electron chi connectivity index (χ2n) is 5.52. The van der Waals surface area contributed by atoms with Gasteiger partial charge in [0.25, 0.3) is 0 Å². The fourth-order valence-corrected chi connectivity index (χ4v) is 2.78. The van der Waals surface area contributed by atoms with Crippen LogP contribution in [0, 0.1) is 0 Å². The van der Waals surface area contributed by atoms with Crippen LogP contribution in [0.5, 0.6) is 0 Å². The van der Waals surface area contributed by atoms with Crippen LogP contribution in [-0.4, -0.2) is 62.3 Å². The lowest BCUT2D eigenvalue weighted by Gasteiger charge is -2.23. The second-order valence-corrected chi connectivity index (χ2v) is 5.52. The van der Waals surface area contributed by atoms with Crippen molar-refractivity contribution in [1.29, 1.82) is 0 Å². The normalized spacial score (nSPS) is 28.6. The molecule has 2 fully saturated rings. The third-order valence-corrected chi connectivity index (χ3v) is 4.06. The lowest BCUT2D eigenvalue weighted by atomic mass is 9.96. The quantitative estimate of drug-likeness (QED) is 0.405. The Labute approximate surface area is 139 Å². The third-order valence-electron chi connectivity index (χ3n) is 4.06. The van der Waals surface area contributed by atoms with Gasteiger partial charge in [0.15, 0.2) is 5.96 Å². The van der Waals surface area contributed by atoms with E-state index in [-0.39, 0.29) is 24.0 Å². The summed E-state index contributed by atoms with van der Waals surface area (Å²) in [7, 11) is 2.12. The molecular formula is C14H29IN4O. The van der Waals surface area contributed by atoms with Crippen molar-refractivity contribution >= 4 is 29.9 Å². The van der Waals surface area contributed by atoms with E-state index in [0.29, 0.717) is 18.2 Å². The number of nitrogens with one attached hydrogen (secondary N) is 2. The minimum atomic E-state index is 0. The maximum atomic E-state index is 5.87. The molecule has 20 heavy (non-hydrogen) atoms. The molecule has 2 rings (SSSR count). The Morgan fingerprint density at radius 3 is 2.70 bits per heavy atom. The van der Waals surface area contributed by atoms with Crippen molar-refractivity contribution in [2.45, 2.75) is 51.4 Å². The zero-order chi connectivity index (χ0) is 13.7. The number of guanidine groups is 1. The summed E-state index contributed by atoms with van der Waals surface area (Å²) in [6, 6.07) is 0.445. The fourth-order valence-electron chi connectivity index (χ4n) is 2.78. The molecule has 5 nitrogen and oxygen atoms in total. The first kappa shape index (κ1) is 18.0. The molecule has 0 aromatic carbocycles. The Bertz CT molecular complexity index is 314. The molecule has 2 heterocycles. The van der Waals surface area contributed by atoms with Crippen molar-refractivity contribution in [3.63, 3.8) is 0 Å². The van der Waals surface area contributed by atoms with E-state index in [1.165, 1.54) is 12.8 Å². The Kier molecular flexibility index (Phi) is 8.13. The smallest absolute Gasteiger partial charge is 0.191 e. The van der Waals surface area contributed by atoms with E-state index >= 15 is 0 Å². The highest BCUT2D eigenvalue weighted by Gasteiger charge is 2.41. The molecule has 2 aliphatic rings. The first-order valence-electron chi connectivity index (χ1n) is 7.61. The van der Waals surface area contributed by atoms with Gasteiger partial charge >= 0.3 is 0 Å². The number of nitrogens with zero attached hydrogens (tertiary/aromatic N) is 2. The maximum absolute atomic E-state index is 5.87. The number of ether oxygens (including phenoxy) is 1. The van der Waals surface area contributed by atoms with Crippen molar-refractivity contribution in [3.8, 4) is 0 Å². The highest BCUT2D eigenvalue weighted by molar-refractivity contribution is 14.0. The minimum Gasteiger partial charge on any atom is -0.373 e. The van der Waals surface area contributed by atoms with E-state index in [1.807, 2.05) is 0 Å². The first-order chi connectivity index (χ1) is 9.22. The first-order valence-corrected chi connectivity index (χ1v) is 7.61. The Balaban J connectivity index is 0.00000200. The summed E-state index contributed by atoms with van der Waals surface area (Å²) >= 11 is 0. The maximum Gasteiger partial charge on any atom is 0.191 e. The molecule has 0 radical (unpaired) electrons. The van der Waals surface area contributed by atoms with E-state index < -0.39 is 0 Å². The van der Waals surface area contributed by atoms with Gasteiger partial charge in [0.05, 0.1) is 24.8 Å². The van der Waals surface area contributed by atoms with Gasteiger partial charge in [-0.2, -0.15) is 0 Å². The van der Waals surface area contributed by atoms with Crippen LogP contribution in [0.4, 0.5) is 0 Å². The van der Waals surface area contributed by atoms with Crippen LogP contribution in [0.25, 0.3) is 0 Å². The van der Waals surface area contributed by atoms with Crippen LogP contribution in [0.1, 0.15) is 33.1 Å². The molecule has 118 valence electrons. The summed E-state index contributed by atoms with van der Waals surface area (Å²) in [5, 5.41) is 6.86. The van der Waals surface area contributed by atoms with Crippen LogP contribution in [-0.2, 0) is 4.74 Å². The standard InChI is InChI=1S/C14H28N4O.HI/c1-4-15-14(16-8-9-18(3)5-2)17-12-10-11-6-7-13(12)19-11;/h11-13H,4-10H2,1-3H3,(H2,15,16,17);1H. The molecule has 2 saturated heterocycles. The third kappa shape index (κ3) is 5.04. The molecule has 0 saturated carbocycles. The van der Waals surface area contributed by atoms with Gasteiger partial charge in [0.1, 0.15) is 0 Å². The van der Waals surface area contributed by atoms with Crippen LogP contribution in [0.2, 0.25) is 0 Å². The monoisotopic (exact) mass is 396 g/mol. The highest BCUT2D eigenvalue weighted by Crippen LogP contribution is 2.34. The molecule has 6 heteroatoms. The average Bonchev–Trinajstić information content (AvgIpc) is 3.01. The molecule has 0 aromatic rings. The lowest BCUT2D eigenvalue weighted by Crippen LogP contribution is -2.47. The zero-order valence-corrected chi connectivity index (χ0v) is 15.2. The number of hydrogen-bond donors (Lipinski definition) is 2. The van der Waals surface area contributed by atoms with Crippen molar-refractivity contribution < 1.29 is 4.74 Å². The Morgan fingerprint density at radius 2 is 2.15 bits per heavy atom. The van der Waals surface area contributed by atoms with Gasteiger partial charge in [-0.1, -0.05) is 6.92 Å². The van der Waals surface area contributed by atoms with Crippen LogP contribution in [0.3, 0.4) is 0 Å². The van der Waals surface area contributed by atoms with Gasteiger partial charge in [-0.05, 0) is 39.8 Å². The van der Waals surface area contributed by atoms with E-state index in [9.17, 15) is 0 Å². The zero-order valence-electron chi connectivity index (χ0n) is 12.9. The summed E-state index contributed by atoms with van der Waals surface area (Å²) in [4.78, 5) is 6.92. The molecule has 3 unspecified atom stereocenters. The Hall–Kier alpha value is -0.0800. The minimum absolute atomic E-state index is 0. The molecule has 0 spiro atoms. The summed E-state index contributed by atoms with van der Waals surface area (Å²) in [5.41, 5.74) is 0. The summed E-state index contributed by atoms with van der Waals surface area (Å²) in [6.07, 6.45) is 4.44. The van der Waals surface area contributed by atoms with Crippen LogP contribution < -0.4 is 10.6 Å². The predicted octanol–water partition coefficient (Wildman–Crippen LogP) is 1.43. The molecule has 3 atom stereocenters. The van der Waals surface area contributed by atoms with E-state index in [1.54, 1.807) is 0 Å². The number of likely N-dealkylation sites (N-methyl/N-ethyl adjacent to an activating group) is 1. The summed E-state index contributed by atoms with van der Waals surface area (Å²) in [5.74, 6) is 0.938. The molecule has 0 aliphatic carbocycles. The van der Waals surface area contributed by atoms with Gasteiger partial charge in [-0.25, -0.2) is 0 Å². The molecule has 2 aliphatic heterocycles. The molecule has 2 bridgehead atoms. The lowest BCUT2D eigenvalue weighted by molar-refractivity contribution is 0.0992. The van der Waals surface area contributed by atoms with Gasteiger partial charge < -0.3 is 20.3 Å². The van der Waals surface area contributed by atoms with Gasteiger partial charge in [-0.3, -0.25) is 4.99 Å². The largest absolute Gasteiger partial charge is 0.373 e. The van der Waals surface area contributed by atoms with Gasteiger partial charge in [0, 0.05) is 13.1 Å². The number of aliphatic imine (C=N–C) groups is 1. The van der Waals surface area contributed by atoms with Crippen molar-refractivity contribution in [2.75, 3.05) is 33.2 Å². The van der Waals surface area contributed by atoms with E-state index in [4.69, 9.17) is 4.74 Å². The molecule has 0 aromatic heterocycles. The number of fused-ring (bicyclic) bond motifs is 2. The molecular weight excluding hydrogens is 367 g/mol. The van der Waals surface area contributed by atoms with E-state index in [2.05, 4.69) is 41.4 Å². The Morgan fingerprint density at radius 1 is 1.35 bits per heavy atom. The predicted molar refractivity (Wildman–Crippen MR) is 94.0 cm³/mol. The van der Waals surface area contributed by atoms with Crippen LogP contribution >= 0.6 is 24.0 Å². The molecule has 2 N–H and O–H groups in total. The fraction of sp³-hybridized carbons (Fsp3) is 0.929. The summed E-state index contributed by atoms with van der Waals surface area (Å²) in [6.45, 7) is 8.07. The van der Waals surface area contributed by atoms with Gasteiger partial charge in [0.2, 0.25) is 0 Å². The summed E-state index contributed by atoms with van der Waals surface area (Å²) < 4.78 is 5.87. The SMILES string of the molecule is CCNC(=NCCN(C)CC)NC1CC2CCC1O2.I.